The van der Waals surface area contributed by atoms with E-state index in [0.29, 0.717) is 0 Å². The van der Waals surface area contributed by atoms with Crippen molar-refractivity contribution in [3.05, 3.63) is 289 Å². The van der Waals surface area contributed by atoms with Crippen molar-refractivity contribution >= 4 is 81.9 Å². The van der Waals surface area contributed by atoms with Crippen LogP contribution in [0.2, 0.25) is 0 Å². The molecule has 4 bridgehead atoms. The molecular formula is C80H54N4. The van der Waals surface area contributed by atoms with Crippen LogP contribution >= 0.6 is 0 Å². The smallest absolute Gasteiger partial charge is 0.193 e. The van der Waals surface area contributed by atoms with E-state index in [2.05, 4.69) is 255 Å². The molecule has 4 heteroatoms. The van der Waals surface area contributed by atoms with Gasteiger partial charge in [0.05, 0.1) is 45.8 Å². The van der Waals surface area contributed by atoms with Gasteiger partial charge in [0.1, 0.15) is 0 Å². The van der Waals surface area contributed by atoms with E-state index in [9.17, 15) is 11.8 Å². The van der Waals surface area contributed by atoms with Crippen LogP contribution in [0.15, 0.2) is 194 Å². The summed E-state index contributed by atoms with van der Waals surface area (Å²) < 4.78 is 5.24. The lowest BCUT2D eigenvalue weighted by Crippen LogP contribution is -2.28. The third-order valence-electron chi connectivity index (χ3n) is 20.6. The van der Waals surface area contributed by atoms with Crippen molar-refractivity contribution in [2.75, 3.05) is 0 Å². The van der Waals surface area contributed by atoms with Crippen molar-refractivity contribution in [2.45, 2.75) is 76.0 Å². The first kappa shape index (κ1) is 46.6. The molecule has 0 atom stereocenters. The number of hydrogen-bond acceptors (Lipinski definition) is 1. The number of fused-ring (bicyclic) bond motifs is 12. The second-order valence-electron chi connectivity index (χ2n) is 26.7. The van der Waals surface area contributed by atoms with Crippen LogP contribution in [0.25, 0.3) is 103 Å². The Morgan fingerprint density at radius 2 is 0.702 bits per heavy atom. The Balaban J connectivity index is 1.08. The first-order valence-electron chi connectivity index (χ1n) is 29.8. The zero-order valence-electron chi connectivity index (χ0n) is 47.6. The third-order valence-corrected chi connectivity index (χ3v) is 20.6. The van der Waals surface area contributed by atoms with Crippen molar-refractivity contribution in [3.8, 4) is 28.3 Å². The number of benzene rings is 11. The lowest BCUT2D eigenvalue weighted by atomic mass is 9.59. The number of aromatic nitrogens is 2. The summed E-state index contributed by atoms with van der Waals surface area (Å²) in [5.74, 6) is -0.189. The summed E-state index contributed by atoms with van der Waals surface area (Å²) in [4.78, 5) is 4.58. The maximum atomic E-state index is 11.7. The average Bonchev–Trinajstić information content (AvgIpc) is 1.44. The normalized spacial score (nSPS) is 17.4. The Morgan fingerprint density at radius 1 is 0.381 bits per heavy atom. The van der Waals surface area contributed by atoms with E-state index in [1.165, 1.54) is 132 Å². The lowest BCUT2D eigenvalue weighted by Gasteiger charge is -2.43. The highest BCUT2D eigenvalue weighted by molar-refractivity contribution is 6.38. The second-order valence-corrected chi connectivity index (χ2v) is 26.7. The van der Waals surface area contributed by atoms with Gasteiger partial charge in [0.25, 0.3) is 0 Å². The van der Waals surface area contributed by atoms with Gasteiger partial charge in [0, 0.05) is 83.4 Å². The Labute approximate surface area is 486 Å². The minimum atomic E-state index is -0.215. The Kier molecular flexibility index (Phi) is 8.63. The topological polar surface area (TPSA) is 37.0 Å². The van der Waals surface area contributed by atoms with Crippen LogP contribution in [0.3, 0.4) is 0 Å². The number of nitrogens with zero attached hydrogens (tertiary/aromatic N) is 4. The molecule has 0 radical (unpaired) electrons. The van der Waals surface area contributed by atoms with Crippen LogP contribution in [0.4, 0.5) is 5.69 Å². The van der Waals surface area contributed by atoms with E-state index in [1.807, 2.05) is 0 Å². The molecule has 0 saturated carbocycles. The van der Waals surface area contributed by atoms with E-state index in [0.717, 1.165) is 55.6 Å². The molecule has 394 valence electrons. The van der Waals surface area contributed by atoms with Gasteiger partial charge in [-0.2, -0.15) is 5.26 Å². The van der Waals surface area contributed by atoms with Gasteiger partial charge in [-0.25, -0.2) is 4.85 Å². The van der Waals surface area contributed by atoms with Gasteiger partial charge in [0.2, 0.25) is 0 Å². The largest absolute Gasteiger partial charge is 0.309 e. The summed E-state index contributed by atoms with van der Waals surface area (Å²) in [6, 6.07) is 75.9. The molecule has 4 nitrogen and oxygen atoms in total. The van der Waals surface area contributed by atoms with Gasteiger partial charge < -0.3 is 8.80 Å². The molecule has 0 amide bonds. The van der Waals surface area contributed by atoms with Gasteiger partial charge in [0.15, 0.2) is 5.69 Å². The molecule has 11 aromatic carbocycles. The molecule has 0 fully saturated rings. The van der Waals surface area contributed by atoms with E-state index in [4.69, 9.17) is 0 Å². The van der Waals surface area contributed by atoms with Crippen LogP contribution < -0.4 is 0 Å². The molecule has 84 heavy (non-hydrogen) atoms. The van der Waals surface area contributed by atoms with Gasteiger partial charge in [-0.3, -0.25) is 0 Å². The fraction of sp³-hybridized carbons (Fsp3) is 0.150. The number of rotatable bonds is 2. The quantitative estimate of drug-likeness (QED) is 0.159. The van der Waals surface area contributed by atoms with Gasteiger partial charge in [-0.05, 0) is 136 Å². The monoisotopic (exact) mass is 1070 g/mol. The molecule has 0 spiro atoms. The number of hydrogen-bond donors (Lipinski definition) is 0. The molecule has 0 N–H and O–H groups in total. The fourth-order valence-corrected chi connectivity index (χ4v) is 17.3. The molecule has 4 aromatic heterocycles. The Bertz CT molecular complexity index is 5160. The van der Waals surface area contributed by atoms with E-state index < -0.39 is 0 Å². The van der Waals surface area contributed by atoms with Gasteiger partial charge >= 0.3 is 0 Å². The maximum absolute atomic E-state index is 11.7. The van der Waals surface area contributed by atoms with Crippen molar-refractivity contribution in [1.29, 1.82) is 5.26 Å². The Morgan fingerprint density at radius 3 is 1.06 bits per heavy atom. The standard InChI is InChI=1S/C80H54N4/c1-79(2,3)44-35-54-68-59(34-43(40-81)61-64-46-26-14-18-30-50(46)66(73(61)68)51-31-19-15-27-47(51)64)83-75(54)56(37-44)70-63(42-24-12-9-13-25-42)78-71(62(77(70)83)41-22-10-8-11-23-41)57-38-45(80(4,5)6)36-55-69-60(84(78)76(55)57)39-58(82-7)72-65-48-28-16-20-32-52(48)67(74(69)72)53-33-21-17-29-49(53)65/h8-39,64-67H,1-6H3. The molecule has 21 rings (SSSR count). The van der Waals surface area contributed by atoms with Crippen LogP contribution in [-0.2, 0) is 10.8 Å². The maximum Gasteiger partial charge on any atom is 0.193 e. The van der Waals surface area contributed by atoms with Crippen LogP contribution in [0.1, 0.15) is 149 Å². The lowest BCUT2D eigenvalue weighted by molar-refractivity contribution is 0.591. The predicted molar refractivity (Wildman–Crippen MR) is 345 cm³/mol. The molecule has 0 saturated heterocycles. The van der Waals surface area contributed by atoms with E-state index in [-0.39, 0.29) is 34.5 Å². The summed E-state index contributed by atoms with van der Waals surface area (Å²) in [7, 11) is 0. The van der Waals surface area contributed by atoms with Gasteiger partial charge in [-0.1, -0.05) is 199 Å². The molecule has 6 aliphatic carbocycles. The molecule has 4 heterocycles. The van der Waals surface area contributed by atoms with Crippen LogP contribution in [-0.4, -0.2) is 8.80 Å². The first-order chi connectivity index (χ1) is 40.9. The highest BCUT2D eigenvalue weighted by Gasteiger charge is 2.47. The molecule has 6 aliphatic rings. The zero-order chi connectivity index (χ0) is 56.1. The molecule has 15 aromatic rings. The molecular weight excluding hydrogens is 1020 g/mol. The zero-order valence-corrected chi connectivity index (χ0v) is 47.6. The van der Waals surface area contributed by atoms with E-state index >= 15 is 0 Å². The first-order valence-corrected chi connectivity index (χ1v) is 29.8. The highest BCUT2D eigenvalue weighted by atomic mass is 15.0. The van der Waals surface area contributed by atoms with Crippen molar-refractivity contribution < 1.29 is 0 Å². The van der Waals surface area contributed by atoms with Crippen LogP contribution in [0, 0.1) is 17.9 Å². The molecule has 0 unspecified atom stereocenters. The summed E-state index contributed by atoms with van der Waals surface area (Å²) >= 11 is 0. The SMILES string of the molecule is [C-]#[N+]c1cc2c(c3c1C1c4ccccc4C3c3ccccc31)c1cc(C(C)(C)C)cc3c4c(-c5ccccc5)c5c(c(-c6ccccc6)c4n2c13)c1cc(C(C)(C)C)cc2c3c4c(c(C#N)cc3n5c21)C1c2ccccc2C4c2ccccc21. The minimum Gasteiger partial charge on any atom is -0.309 e. The van der Waals surface area contributed by atoms with Gasteiger partial charge in [-0.15, -0.1) is 0 Å². The Hall–Kier alpha value is -10.0. The van der Waals surface area contributed by atoms with Crippen molar-refractivity contribution in [2.24, 2.45) is 0 Å². The average molecular weight is 1070 g/mol. The summed E-state index contributed by atoms with van der Waals surface area (Å²) in [5.41, 5.74) is 30.6. The number of nitriles is 1. The summed E-state index contributed by atoms with van der Waals surface area (Å²) in [5, 5.41) is 21.5. The minimum absolute atomic E-state index is 0.0383. The fourth-order valence-electron chi connectivity index (χ4n) is 17.3. The predicted octanol–water partition coefficient (Wildman–Crippen LogP) is 20.3. The summed E-state index contributed by atoms with van der Waals surface area (Å²) in [6.45, 7) is 23.3. The second kappa shape index (κ2) is 15.6. The summed E-state index contributed by atoms with van der Waals surface area (Å²) in [6.07, 6.45) is 0. The molecule has 0 aliphatic heterocycles. The highest BCUT2D eigenvalue weighted by Crippen LogP contribution is 2.64. The van der Waals surface area contributed by atoms with Crippen molar-refractivity contribution in [1.82, 2.24) is 8.80 Å². The van der Waals surface area contributed by atoms with Crippen molar-refractivity contribution in [3.63, 3.8) is 0 Å². The van der Waals surface area contributed by atoms with Crippen LogP contribution in [0.5, 0.6) is 0 Å². The third kappa shape index (κ3) is 5.45. The van der Waals surface area contributed by atoms with E-state index in [1.54, 1.807) is 0 Å².